The van der Waals surface area contributed by atoms with E-state index in [1.807, 2.05) is 18.2 Å². The fraction of sp³-hybridized carbons (Fsp3) is 0.240. The molecule has 10 nitrogen and oxygen atoms in total. The number of ether oxygens (including phenoxy) is 2. The number of hydrogen-bond donors (Lipinski definition) is 2. The molecule has 36 heavy (non-hydrogen) atoms. The molecule has 1 aliphatic heterocycles. The van der Waals surface area contributed by atoms with Crippen LogP contribution in [0.3, 0.4) is 0 Å². The zero-order valence-corrected chi connectivity index (χ0v) is 21.0. The van der Waals surface area contributed by atoms with Crippen LogP contribution in [-0.2, 0) is 23.0 Å². The number of sulfonamides is 1. The van der Waals surface area contributed by atoms with Crippen molar-refractivity contribution in [2.24, 2.45) is 0 Å². The van der Waals surface area contributed by atoms with Crippen LogP contribution in [0.4, 0.5) is 17.2 Å². The molecule has 4 aromatic rings. The number of nitrogens with zero attached hydrogens (tertiary/aromatic N) is 4. The highest BCUT2D eigenvalue weighted by Crippen LogP contribution is 2.45. The summed E-state index contributed by atoms with van der Waals surface area (Å²) < 4.78 is 37.5. The predicted octanol–water partition coefficient (Wildman–Crippen LogP) is 3.23. The van der Waals surface area contributed by atoms with Gasteiger partial charge in [-0.2, -0.15) is 0 Å². The third kappa shape index (κ3) is 4.33. The first-order valence-corrected chi connectivity index (χ1v) is 13.1. The van der Waals surface area contributed by atoms with Crippen LogP contribution in [0.15, 0.2) is 48.8 Å². The van der Waals surface area contributed by atoms with Crippen molar-refractivity contribution < 1.29 is 17.9 Å². The topological polar surface area (TPSA) is 133 Å². The molecule has 2 aromatic carbocycles. The molecule has 0 saturated heterocycles. The van der Waals surface area contributed by atoms with E-state index in [0.717, 1.165) is 17.4 Å². The van der Waals surface area contributed by atoms with Gasteiger partial charge in [0.2, 0.25) is 10.0 Å². The van der Waals surface area contributed by atoms with Crippen molar-refractivity contribution in [1.82, 2.24) is 15.0 Å². The molecule has 0 unspecified atom stereocenters. The minimum Gasteiger partial charge on any atom is -0.493 e. The molecule has 0 atom stereocenters. The van der Waals surface area contributed by atoms with E-state index in [-0.39, 0.29) is 0 Å². The van der Waals surface area contributed by atoms with Gasteiger partial charge in [0.1, 0.15) is 5.82 Å². The number of aromatic nitrogens is 3. The van der Waals surface area contributed by atoms with Crippen molar-refractivity contribution in [2.75, 3.05) is 42.4 Å². The first-order chi connectivity index (χ1) is 17.3. The molecular formula is C25H26N6O4S. The quantitative estimate of drug-likeness (QED) is 0.404. The third-order valence-corrected chi connectivity index (χ3v) is 6.72. The van der Waals surface area contributed by atoms with E-state index in [1.54, 1.807) is 44.8 Å². The van der Waals surface area contributed by atoms with E-state index in [0.29, 0.717) is 70.5 Å². The van der Waals surface area contributed by atoms with Crippen molar-refractivity contribution in [2.45, 2.75) is 13.0 Å². The number of fused-ring (bicyclic) bond motifs is 2. The predicted molar refractivity (Wildman–Crippen MR) is 140 cm³/mol. The largest absolute Gasteiger partial charge is 0.493 e. The Balaban J connectivity index is 1.60. The fourth-order valence-corrected chi connectivity index (χ4v) is 5.22. The van der Waals surface area contributed by atoms with E-state index in [9.17, 15) is 8.42 Å². The third-order valence-electron chi connectivity index (χ3n) is 6.13. The molecule has 1 aliphatic rings. The Morgan fingerprint density at radius 2 is 1.86 bits per heavy atom. The Kier molecular flexibility index (Phi) is 6.00. The van der Waals surface area contributed by atoms with Gasteiger partial charge in [0.15, 0.2) is 17.3 Å². The summed E-state index contributed by atoms with van der Waals surface area (Å²) in [6.45, 7) is 1.21. The Morgan fingerprint density at radius 3 is 2.56 bits per heavy atom. The molecule has 3 N–H and O–H groups in total. The van der Waals surface area contributed by atoms with Crippen molar-refractivity contribution >= 4 is 38.1 Å². The number of pyridine rings is 1. The second-order valence-electron chi connectivity index (χ2n) is 8.51. The van der Waals surface area contributed by atoms with Gasteiger partial charge in [0, 0.05) is 48.7 Å². The number of nitrogens with one attached hydrogen (secondary N) is 1. The van der Waals surface area contributed by atoms with Crippen LogP contribution in [-0.4, -0.2) is 50.4 Å². The Hall–Kier alpha value is -4.12. The van der Waals surface area contributed by atoms with Crippen molar-refractivity contribution in [3.63, 3.8) is 0 Å². The summed E-state index contributed by atoms with van der Waals surface area (Å²) in [7, 11) is -0.243. The zero-order valence-electron chi connectivity index (χ0n) is 20.1. The van der Waals surface area contributed by atoms with E-state index >= 15 is 0 Å². The molecule has 0 aliphatic carbocycles. The molecule has 0 amide bonds. The summed E-state index contributed by atoms with van der Waals surface area (Å²) in [6.07, 6.45) is 5.12. The van der Waals surface area contributed by atoms with Gasteiger partial charge in [-0.3, -0.25) is 4.72 Å². The smallest absolute Gasteiger partial charge is 0.229 e. The summed E-state index contributed by atoms with van der Waals surface area (Å²) in [4.78, 5) is 15.9. The second kappa shape index (κ2) is 9.15. The fourth-order valence-electron chi connectivity index (χ4n) is 4.63. The summed E-state index contributed by atoms with van der Waals surface area (Å²) in [6, 6.07) is 11.0. The lowest BCUT2D eigenvalue weighted by atomic mass is 9.97. The van der Waals surface area contributed by atoms with Crippen molar-refractivity contribution in [3.8, 4) is 22.9 Å². The lowest BCUT2D eigenvalue weighted by Gasteiger charge is -2.31. The van der Waals surface area contributed by atoms with Gasteiger partial charge in [-0.05, 0) is 29.7 Å². The summed E-state index contributed by atoms with van der Waals surface area (Å²) >= 11 is 0. The molecule has 0 saturated carbocycles. The first kappa shape index (κ1) is 23.6. The number of methoxy groups -OCH3 is 2. The van der Waals surface area contributed by atoms with E-state index in [1.165, 1.54) is 0 Å². The maximum Gasteiger partial charge on any atom is 0.229 e. The van der Waals surface area contributed by atoms with E-state index in [2.05, 4.69) is 19.6 Å². The second-order valence-corrected chi connectivity index (χ2v) is 10.3. The summed E-state index contributed by atoms with van der Waals surface area (Å²) in [5, 5.41) is 0.680. The van der Waals surface area contributed by atoms with Gasteiger partial charge in [-0.1, -0.05) is 12.1 Å². The Labute approximate surface area is 209 Å². The Bertz CT molecular complexity index is 1560. The molecular weight excluding hydrogens is 480 g/mol. The Morgan fingerprint density at radius 1 is 1.08 bits per heavy atom. The van der Waals surface area contributed by atoms with E-state index in [4.69, 9.17) is 20.2 Å². The van der Waals surface area contributed by atoms with Crippen LogP contribution in [0.5, 0.6) is 11.5 Å². The van der Waals surface area contributed by atoms with Crippen LogP contribution in [0, 0.1) is 0 Å². The van der Waals surface area contributed by atoms with Crippen molar-refractivity contribution in [1.29, 1.82) is 0 Å². The minimum atomic E-state index is -3.37. The molecule has 0 bridgehead atoms. The average Bonchev–Trinajstić information content (AvgIpc) is 2.87. The van der Waals surface area contributed by atoms with Gasteiger partial charge < -0.3 is 20.1 Å². The first-order valence-electron chi connectivity index (χ1n) is 11.2. The molecule has 3 heterocycles. The molecule has 0 fully saturated rings. The molecule has 5 rings (SSSR count). The SMILES string of the molecule is COc1cc2nc(N3CCc4c(cccc4NS(C)(=O)=O)C3)cc(N)c2c(-c2ncccn2)c1OC. The monoisotopic (exact) mass is 506 g/mol. The van der Waals surface area contributed by atoms with Gasteiger partial charge in [-0.25, -0.2) is 23.4 Å². The maximum atomic E-state index is 11.8. The van der Waals surface area contributed by atoms with Crippen LogP contribution in [0.1, 0.15) is 11.1 Å². The zero-order chi connectivity index (χ0) is 25.4. The summed E-state index contributed by atoms with van der Waals surface area (Å²) in [5.41, 5.74) is 11.0. The molecule has 11 heteroatoms. The van der Waals surface area contributed by atoms with Crippen molar-refractivity contribution in [3.05, 3.63) is 59.9 Å². The van der Waals surface area contributed by atoms with Gasteiger partial charge in [0.25, 0.3) is 0 Å². The van der Waals surface area contributed by atoms with Crippen LogP contribution < -0.4 is 24.8 Å². The number of benzene rings is 2. The normalized spacial score (nSPS) is 13.4. The van der Waals surface area contributed by atoms with E-state index < -0.39 is 10.0 Å². The van der Waals surface area contributed by atoms with Crippen LogP contribution >= 0.6 is 0 Å². The highest BCUT2D eigenvalue weighted by Gasteiger charge is 2.25. The lowest BCUT2D eigenvalue weighted by Crippen LogP contribution is -2.31. The van der Waals surface area contributed by atoms with Gasteiger partial charge in [-0.15, -0.1) is 0 Å². The number of nitrogen functional groups attached to an aromatic ring is 1. The van der Waals surface area contributed by atoms with Gasteiger partial charge >= 0.3 is 0 Å². The number of rotatable bonds is 6. The van der Waals surface area contributed by atoms with Crippen LogP contribution in [0.2, 0.25) is 0 Å². The number of anilines is 3. The van der Waals surface area contributed by atoms with Crippen LogP contribution in [0.25, 0.3) is 22.3 Å². The lowest BCUT2D eigenvalue weighted by molar-refractivity contribution is 0.356. The maximum absolute atomic E-state index is 11.8. The average molecular weight is 507 g/mol. The number of hydrogen-bond acceptors (Lipinski definition) is 9. The summed E-state index contributed by atoms with van der Waals surface area (Å²) in [5.74, 6) is 2.14. The highest BCUT2D eigenvalue weighted by molar-refractivity contribution is 7.92. The minimum absolute atomic E-state index is 0.456. The molecule has 186 valence electrons. The molecule has 0 spiro atoms. The highest BCUT2D eigenvalue weighted by atomic mass is 32.2. The molecule has 0 radical (unpaired) electrons. The molecule has 2 aromatic heterocycles. The van der Waals surface area contributed by atoms with Gasteiger partial charge in [0.05, 0.1) is 37.2 Å². The standard InChI is InChI=1S/C25H26N6O4S/c1-34-20-13-19-22(23(24(20)35-2)25-27-9-5-10-28-25)17(26)12-21(29-19)31-11-8-16-15(14-31)6-4-7-18(16)30-36(3,32)33/h4-7,9-10,12-13,30H,8,11,14H2,1-3H3,(H2,26,29). The number of nitrogens with two attached hydrogens (primary N) is 1.